The molecule has 1 aromatic heterocycles. The average molecular weight is 252 g/mol. The molecule has 2 unspecified atom stereocenters. The van der Waals surface area contributed by atoms with Gasteiger partial charge in [-0.1, -0.05) is 36.4 Å². The quantitative estimate of drug-likeness (QED) is 0.821. The van der Waals surface area contributed by atoms with Crippen molar-refractivity contribution < 1.29 is 0 Å². The highest BCUT2D eigenvalue weighted by atomic mass is 15.2. The third kappa shape index (κ3) is 2.54. The highest BCUT2D eigenvalue weighted by molar-refractivity contribution is 5.20. The Morgan fingerprint density at radius 1 is 1.11 bits per heavy atom. The van der Waals surface area contributed by atoms with Gasteiger partial charge >= 0.3 is 0 Å². The molecule has 1 aliphatic heterocycles. The Morgan fingerprint density at radius 2 is 1.89 bits per heavy atom. The molecule has 2 aromatic rings. The largest absolute Gasteiger partial charge is 0.288 e. The van der Waals surface area contributed by atoms with E-state index in [2.05, 4.69) is 59.3 Å². The highest BCUT2D eigenvalue weighted by Gasteiger charge is 2.30. The summed E-state index contributed by atoms with van der Waals surface area (Å²) in [6.07, 6.45) is 4.38. The molecule has 1 aliphatic rings. The first-order valence-electron chi connectivity index (χ1n) is 7.08. The molecule has 2 nitrogen and oxygen atoms in total. The van der Waals surface area contributed by atoms with Crippen LogP contribution in [-0.2, 0) is 0 Å². The SMILES string of the molecule is CC(c1ccccc1)N1CCCC1c1ccccn1. The van der Waals surface area contributed by atoms with Crippen LogP contribution in [0, 0.1) is 0 Å². The van der Waals surface area contributed by atoms with Gasteiger partial charge in [-0.25, -0.2) is 0 Å². The van der Waals surface area contributed by atoms with E-state index >= 15 is 0 Å². The molecule has 3 rings (SSSR count). The average Bonchev–Trinajstić information content (AvgIpc) is 2.98. The van der Waals surface area contributed by atoms with E-state index in [0.29, 0.717) is 12.1 Å². The van der Waals surface area contributed by atoms with Crippen LogP contribution < -0.4 is 0 Å². The number of benzene rings is 1. The number of aromatic nitrogens is 1. The van der Waals surface area contributed by atoms with E-state index in [9.17, 15) is 0 Å². The predicted molar refractivity (Wildman–Crippen MR) is 77.8 cm³/mol. The fourth-order valence-corrected chi connectivity index (χ4v) is 3.07. The van der Waals surface area contributed by atoms with Gasteiger partial charge < -0.3 is 0 Å². The fraction of sp³-hybridized carbons (Fsp3) is 0.353. The zero-order chi connectivity index (χ0) is 13.1. The lowest BCUT2D eigenvalue weighted by Crippen LogP contribution is -2.27. The molecule has 0 saturated carbocycles. The van der Waals surface area contributed by atoms with Crippen molar-refractivity contribution in [1.29, 1.82) is 0 Å². The lowest BCUT2D eigenvalue weighted by atomic mass is 10.0. The molecular weight excluding hydrogens is 232 g/mol. The first-order chi connectivity index (χ1) is 9.36. The van der Waals surface area contributed by atoms with Crippen molar-refractivity contribution in [2.75, 3.05) is 6.54 Å². The van der Waals surface area contributed by atoms with E-state index < -0.39 is 0 Å². The van der Waals surface area contributed by atoms with Crippen LogP contribution in [0.5, 0.6) is 0 Å². The molecule has 2 atom stereocenters. The van der Waals surface area contributed by atoms with Crippen molar-refractivity contribution in [3.8, 4) is 0 Å². The summed E-state index contributed by atoms with van der Waals surface area (Å²) in [5, 5.41) is 0. The maximum absolute atomic E-state index is 4.55. The molecule has 1 fully saturated rings. The number of rotatable bonds is 3. The lowest BCUT2D eigenvalue weighted by molar-refractivity contribution is 0.191. The van der Waals surface area contributed by atoms with E-state index in [0.717, 1.165) is 6.54 Å². The molecular formula is C17H20N2. The van der Waals surface area contributed by atoms with E-state index in [1.807, 2.05) is 12.3 Å². The first kappa shape index (κ1) is 12.4. The smallest absolute Gasteiger partial charge is 0.0575 e. The minimum Gasteiger partial charge on any atom is -0.288 e. The summed E-state index contributed by atoms with van der Waals surface area (Å²) in [6.45, 7) is 3.47. The lowest BCUT2D eigenvalue weighted by Gasteiger charge is -2.30. The maximum atomic E-state index is 4.55. The molecule has 0 N–H and O–H groups in total. The van der Waals surface area contributed by atoms with Crippen LogP contribution in [0.1, 0.15) is 43.1 Å². The van der Waals surface area contributed by atoms with E-state index in [1.54, 1.807) is 0 Å². The van der Waals surface area contributed by atoms with Crippen LogP contribution in [0.3, 0.4) is 0 Å². The van der Waals surface area contributed by atoms with Gasteiger partial charge in [-0.3, -0.25) is 9.88 Å². The van der Waals surface area contributed by atoms with Gasteiger partial charge in [0.15, 0.2) is 0 Å². The number of pyridine rings is 1. The van der Waals surface area contributed by atoms with Gasteiger partial charge in [-0.05, 0) is 44.0 Å². The van der Waals surface area contributed by atoms with Crippen LogP contribution >= 0.6 is 0 Å². The van der Waals surface area contributed by atoms with Crippen LogP contribution in [0.15, 0.2) is 54.7 Å². The Balaban J connectivity index is 1.84. The number of hydrogen-bond donors (Lipinski definition) is 0. The Kier molecular flexibility index (Phi) is 3.60. The van der Waals surface area contributed by atoms with E-state index in [4.69, 9.17) is 0 Å². The molecule has 2 heteroatoms. The van der Waals surface area contributed by atoms with E-state index in [1.165, 1.54) is 24.1 Å². The molecule has 0 bridgehead atoms. The summed E-state index contributed by atoms with van der Waals surface area (Å²) >= 11 is 0. The zero-order valence-electron chi connectivity index (χ0n) is 11.4. The van der Waals surface area contributed by atoms with Gasteiger partial charge in [-0.15, -0.1) is 0 Å². The van der Waals surface area contributed by atoms with Crippen LogP contribution in [0.2, 0.25) is 0 Å². The Hall–Kier alpha value is -1.67. The predicted octanol–water partition coefficient (Wildman–Crippen LogP) is 3.98. The van der Waals surface area contributed by atoms with E-state index in [-0.39, 0.29) is 0 Å². The van der Waals surface area contributed by atoms with Crippen molar-refractivity contribution >= 4 is 0 Å². The third-order valence-corrected chi connectivity index (χ3v) is 4.10. The van der Waals surface area contributed by atoms with Crippen LogP contribution in [0.4, 0.5) is 0 Å². The molecule has 98 valence electrons. The number of nitrogens with zero attached hydrogens (tertiary/aromatic N) is 2. The van der Waals surface area contributed by atoms with Gasteiger partial charge in [0.2, 0.25) is 0 Å². The molecule has 0 aliphatic carbocycles. The maximum Gasteiger partial charge on any atom is 0.0575 e. The molecule has 0 spiro atoms. The number of hydrogen-bond acceptors (Lipinski definition) is 2. The van der Waals surface area contributed by atoms with Gasteiger partial charge in [0, 0.05) is 12.2 Å². The zero-order valence-corrected chi connectivity index (χ0v) is 11.4. The molecule has 19 heavy (non-hydrogen) atoms. The minimum absolute atomic E-state index is 0.454. The van der Waals surface area contributed by atoms with Gasteiger partial charge in [0.05, 0.1) is 11.7 Å². The number of likely N-dealkylation sites (tertiary alicyclic amines) is 1. The Morgan fingerprint density at radius 3 is 2.63 bits per heavy atom. The second kappa shape index (κ2) is 5.54. The first-order valence-corrected chi connectivity index (χ1v) is 7.08. The summed E-state index contributed by atoms with van der Waals surface area (Å²) in [6, 6.07) is 17.9. The Labute approximate surface area is 115 Å². The highest BCUT2D eigenvalue weighted by Crippen LogP contribution is 2.37. The second-order valence-corrected chi connectivity index (χ2v) is 5.24. The van der Waals surface area contributed by atoms with Crippen molar-refractivity contribution in [1.82, 2.24) is 9.88 Å². The normalized spacial score (nSPS) is 21.4. The summed E-state index contributed by atoms with van der Waals surface area (Å²) in [7, 11) is 0. The standard InChI is InChI=1S/C17H20N2/c1-14(15-8-3-2-4-9-15)19-13-7-11-17(19)16-10-5-6-12-18-16/h2-6,8-10,12,14,17H,7,11,13H2,1H3. The molecule has 1 aromatic carbocycles. The van der Waals surface area contributed by atoms with Gasteiger partial charge in [0.1, 0.15) is 0 Å². The summed E-state index contributed by atoms with van der Waals surface area (Å²) in [5.41, 5.74) is 2.60. The second-order valence-electron chi connectivity index (χ2n) is 5.24. The van der Waals surface area contributed by atoms with Gasteiger partial charge in [-0.2, -0.15) is 0 Å². The monoisotopic (exact) mass is 252 g/mol. The Bertz CT molecular complexity index is 509. The summed E-state index contributed by atoms with van der Waals surface area (Å²) < 4.78 is 0. The molecule has 1 saturated heterocycles. The summed E-state index contributed by atoms with van der Waals surface area (Å²) in [4.78, 5) is 7.13. The molecule has 0 amide bonds. The summed E-state index contributed by atoms with van der Waals surface area (Å²) in [5.74, 6) is 0. The molecule has 0 radical (unpaired) electrons. The fourth-order valence-electron chi connectivity index (χ4n) is 3.07. The van der Waals surface area contributed by atoms with Crippen molar-refractivity contribution in [3.05, 3.63) is 66.0 Å². The van der Waals surface area contributed by atoms with Gasteiger partial charge in [0.25, 0.3) is 0 Å². The van der Waals surface area contributed by atoms with Crippen LogP contribution in [0.25, 0.3) is 0 Å². The topological polar surface area (TPSA) is 16.1 Å². The minimum atomic E-state index is 0.454. The van der Waals surface area contributed by atoms with Crippen molar-refractivity contribution in [2.24, 2.45) is 0 Å². The van der Waals surface area contributed by atoms with Crippen molar-refractivity contribution in [2.45, 2.75) is 31.8 Å². The van der Waals surface area contributed by atoms with Crippen molar-refractivity contribution in [3.63, 3.8) is 0 Å². The van der Waals surface area contributed by atoms with Crippen LogP contribution in [-0.4, -0.2) is 16.4 Å². The molecule has 2 heterocycles. The third-order valence-electron chi connectivity index (χ3n) is 4.10.